The molecule has 0 aliphatic heterocycles. The van der Waals surface area contributed by atoms with Gasteiger partial charge in [0, 0.05) is 18.7 Å². The van der Waals surface area contributed by atoms with Crippen molar-refractivity contribution >= 4 is 17.7 Å². The van der Waals surface area contributed by atoms with Crippen LogP contribution in [0.25, 0.3) is 11.4 Å². The molecule has 1 fully saturated rings. The number of rotatable bonds is 6. The van der Waals surface area contributed by atoms with Crippen LogP contribution >= 0.6 is 11.8 Å². The van der Waals surface area contributed by atoms with E-state index in [1.807, 2.05) is 54.1 Å². The zero-order chi connectivity index (χ0) is 18.8. The highest BCUT2D eigenvalue weighted by Crippen LogP contribution is 2.36. The van der Waals surface area contributed by atoms with Crippen LogP contribution in [0.5, 0.6) is 0 Å². The summed E-state index contributed by atoms with van der Waals surface area (Å²) in [5.74, 6) is 0.837. The first-order valence-electron chi connectivity index (χ1n) is 9.10. The van der Waals surface area contributed by atoms with Crippen LogP contribution in [-0.4, -0.2) is 26.7 Å². The van der Waals surface area contributed by atoms with E-state index in [1.165, 1.54) is 17.3 Å². The van der Waals surface area contributed by atoms with Crippen LogP contribution in [0.1, 0.15) is 29.2 Å². The smallest absolute Gasteiger partial charge is 0.238 e. The van der Waals surface area contributed by atoms with Gasteiger partial charge >= 0.3 is 0 Å². The van der Waals surface area contributed by atoms with Gasteiger partial charge < -0.3 is 9.88 Å². The van der Waals surface area contributed by atoms with Crippen molar-refractivity contribution in [2.24, 2.45) is 7.05 Å². The normalized spacial score (nSPS) is 14.7. The summed E-state index contributed by atoms with van der Waals surface area (Å²) in [7, 11) is 1.95. The number of nitrogens with zero attached hydrogens (tertiary/aromatic N) is 3. The van der Waals surface area contributed by atoms with Crippen LogP contribution in [0.3, 0.4) is 0 Å². The Morgan fingerprint density at radius 1 is 1.15 bits per heavy atom. The molecule has 0 spiro atoms. The molecule has 27 heavy (non-hydrogen) atoms. The van der Waals surface area contributed by atoms with Gasteiger partial charge in [0.1, 0.15) is 5.25 Å². The molecule has 1 N–H and O–H groups in total. The third-order valence-electron chi connectivity index (χ3n) is 4.60. The molecule has 1 aliphatic rings. The highest BCUT2D eigenvalue weighted by Gasteiger charge is 2.30. The summed E-state index contributed by atoms with van der Waals surface area (Å²) >= 11 is 1.44. The predicted octanol–water partition coefficient (Wildman–Crippen LogP) is 3.90. The van der Waals surface area contributed by atoms with E-state index in [0.717, 1.165) is 34.9 Å². The zero-order valence-electron chi connectivity index (χ0n) is 15.4. The number of hydrogen-bond acceptors (Lipinski definition) is 4. The fourth-order valence-corrected chi connectivity index (χ4v) is 3.98. The first-order valence-corrected chi connectivity index (χ1v) is 9.98. The number of benzene rings is 2. The highest BCUT2D eigenvalue weighted by molar-refractivity contribution is 8.00. The van der Waals surface area contributed by atoms with Crippen LogP contribution in [0.2, 0.25) is 0 Å². The summed E-state index contributed by atoms with van der Waals surface area (Å²) in [5, 5.41) is 12.2. The number of aromatic nitrogens is 3. The molecule has 0 saturated heterocycles. The van der Waals surface area contributed by atoms with Crippen molar-refractivity contribution in [2.75, 3.05) is 0 Å². The maximum Gasteiger partial charge on any atom is 0.238 e. The number of nitrogens with one attached hydrogen (secondary N) is 1. The molecule has 0 bridgehead atoms. The summed E-state index contributed by atoms with van der Waals surface area (Å²) < 4.78 is 1.96. The maximum absolute atomic E-state index is 12.8. The van der Waals surface area contributed by atoms with Gasteiger partial charge in [0.05, 0.1) is 0 Å². The van der Waals surface area contributed by atoms with Crippen LogP contribution < -0.4 is 5.32 Å². The predicted molar refractivity (Wildman–Crippen MR) is 107 cm³/mol. The van der Waals surface area contributed by atoms with Gasteiger partial charge in [-0.05, 0) is 31.4 Å². The Labute approximate surface area is 163 Å². The Hall–Kier alpha value is -2.60. The third kappa shape index (κ3) is 4.06. The van der Waals surface area contributed by atoms with Crippen LogP contribution in [0, 0.1) is 6.92 Å². The van der Waals surface area contributed by atoms with Crippen molar-refractivity contribution in [3.63, 3.8) is 0 Å². The summed E-state index contributed by atoms with van der Waals surface area (Å²) in [6, 6.07) is 18.4. The van der Waals surface area contributed by atoms with E-state index in [1.54, 1.807) is 0 Å². The Morgan fingerprint density at radius 3 is 2.63 bits per heavy atom. The molecule has 0 radical (unpaired) electrons. The number of hydrogen-bond donors (Lipinski definition) is 1. The lowest BCUT2D eigenvalue weighted by Crippen LogP contribution is -2.29. The Morgan fingerprint density at radius 2 is 1.93 bits per heavy atom. The van der Waals surface area contributed by atoms with Crippen LogP contribution in [0.4, 0.5) is 0 Å². The SMILES string of the molecule is Cc1cccc(-c2nnc(S[C@H](C(=O)NC3CC3)c3ccccc3)n2C)c1. The van der Waals surface area contributed by atoms with E-state index in [2.05, 4.69) is 34.6 Å². The monoisotopic (exact) mass is 378 g/mol. The van der Waals surface area contributed by atoms with Gasteiger partial charge in [-0.3, -0.25) is 4.79 Å². The Bertz CT molecular complexity index is 950. The molecular weight excluding hydrogens is 356 g/mol. The molecule has 1 amide bonds. The molecule has 3 aromatic rings. The molecule has 1 atom stereocenters. The second-order valence-corrected chi connectivity index (χ2v) is 8.00. The van der Waals surface area contributed by atoms with Crippen molar-refractivity contribution in [3.05, 3.63) is 65.7 Å². The molecule has 1 heterocycles. The molecule has 5 nitrogen and oxygen atoms in total. The largest absolute Gasteiger partial charge is 0.352 e. The fourth-order valence-electron chi connectivity index (χ4n) is 2.96. The lowest BCUT2D eigenvalue weighted by molar-refractivity contribution is -0.120. The molecule has 1 aromatic heterocycles. The first kappa shape index (κ1) is 17.8. The topological polar surface area (TPSA) is 59.8 Å². The summed E-state index contributed by atoms with van der Waals surface area (Å²) in [6.07, 6.45) is 2.14. The zero-order valence-corrected chi connectivity index (χ0v) is 16.2. The molecular formula is C21H22N4OS. The lowest BCUT2D eigenvalue weighted by atomic mass is 10.1. The van der Waals surface area contributed by atoms with Gasteiger partial charge in [-0.2, -0.15) is 0 Å². The van der Waals surface area contributed by atoms with Gasteiger partial charge in [-0.1, -0.05) is 65.9 Å². The van der Waals surface area contributed by atoms with Gasteiger partial charge in [0.15, 0.2) is 11.0 Å². The standard InChI is InChI=1S/C21H22N4OS/c1-14-7-6-10-16(13-14)19-23-24-21(25(19)2)27-18(15-8-4-3-5-9-15)20(26)22-17-11-12-17/h3-10,13,17-18H,11-12H2,1-2H3,(H,22,26)/t18-/m0/s1. The van der Waals surface area contributed by atoms with Crippen molar-refractivity contribution in [3.8, 4) is 11.4 Å². The van der Waals surface area contributed by atoms with Crippen molar-refractivity contribution in [1.29, 1.82) is 0 Å². The number of aryl methyl sites for hydroxylation is 1. The van der Waals surface area contributed by atoms with Crippen molar-refractivity contribution in [1.82, 2.24) is 20.1 Å². The summed E-state index contributed by atoms with van der Waals surface area (Å²) in [4.78, 5) is 12.8. The Kier molecular flexibility index (Phi) is 4.99. The summed E-state index contributed by atoms with van der Waals surface area (Å²) in [6.45, 7) is 2.06. The van der Waals surface area contributed by atoms with E-state index >= 15 is 0 Å². The van der Waals surface area contributed by atoms with Gasteiger partial charge in [-0.15, -0.1) is 10.2 Å². The maximum atomic E-state index is 12.8. The second-order valence-electron chi connectivity index (χ2n) is 6.93. The first-order chi connectivity index (χ1) is 13.1. The molecule has 1 aliphatic carbocycles. The number of carbonyl (C=O) groups is 1. The van der Waals surface area contributed by atoms with E-state index < -0.39 is 0 Å². The highest BCUT2D eigenvalue weighted by atomic mass is 32.2. The van der Waals surface area contributed by atoms with E-state index in [-0.39, 0.29) is 11.2 Å². The van der Waals surface area contributed by atoms with Gasteiger partial charge in [0.2, 0.25) is 5.91 Å². The molecule has 1 saturated carbocycles. The average molecular weight is 379 g/mol. The van der Waals surface area contributed by atoms with Crippen LogP contribution in [0.15, 0.2) is 59.8 Å². The minimum absolute atomic E-state index is 0.0359. The van der Waals surface area contributed by atoms with Crippen molar-refractivity contribution < 1.29 is 4.79 Å². The van der Waals surface area contributed by atoms with E-state index in [4.69, 9.17) is 0 Å². The number of amides is 1. The fraction of sp³-hybridized carbons (Fsp3) is 0.286. The summed E-state index contributed by atoms with van der Waals surface area (Å²) in [5.41, 5.74) is 3.17. The van der Waals surface area contributed by atoms with Gasteiger partial charge in [-0.25, -0.2) is 0 Å². The van der Waals surface area contributed by atoms with Gasteiger partial charge in [0.25, 0.3) is 0 Å². The second kappa shape index (κ2) is 7.56. The molecule has 0 unspecified atom stereocenters. The van der Waals surface area contributed by atoms with E-state index in [9.17, 15) is 4.79 Å². The van der Waals surface area contributed by atoms with E-state index in [0.29, 0.717) is 6.04 Å². The molecule has 2 aromatic carbocycles. The molecule has 4 rings (SSSR count). The molecule has 6 heteroatoms. The van der Waals surface area contributed by atoms with Crippen molar-refractivity contribution in [2.45, 2.75) is 36.2 Å². The number of carbonyl (C=O) groups excluding carboxylic acids is 1. The Balaban J connectivity index is 1.62. The number of thioether (sulfide) groups is 1. The lowest BCUT2D eigenvalue weighted by Gasteiger charge is -2.16. The minimum atomic E-state index is -0.347. The quantitative estimate of drug-likeness (QED) is 0.661. The minimum Gasteiger partial charge on any atom is -0.352 e. The average Bonchev–Trinajstić information content (AvgIpc) is 3.41. The molecule has 138 valence electrons. The van der Waals surface area contributed by atoms with Crippen LogP contribution in [-0.2, 0) is 11.8 Å². The third-order valence-corrected chi connectivity index (χ3v) is 5.89.